The molecule has 0 spiro atoms. The molecule has 0 aromatic carbocycles. The summed E-state index contributed by atoms with van der Waals surface area (Å²) < 4.78 is 15.8. The zero-order valence-corrected chi connectivity index (χ0v) is 9.35. The van der Waals surface area contributed by atoms with E-state index in [0.29, 0.717) is 12.3 Å². The molecule has 0 rings (SSSR count). The van der Waals surface area contributed by atoms with Gasteiger partial charge in [0.2, 0.25) is 0 Å². The molecule has 0 aromatic heterocycles. The predicted octanol–water partition coefficient (Wildman–Crippen LogP) is 1.75. The van der Waals surface area contributed by atoms with Gasteiger partial charge < -0.3 is 5.73 Å². The molecule has 0 aliphatic carbocycles. The second-order valence-electron chi connectivity index (χ2n) is 3.11. The lowest BCUT2D eigenvalue weighted by molar-refractivity contribution is 0.672. The fourth-order valence-electron chi connectivity index (χ4n) is 0.946. The first kappa shape index (κ1) is 12.5. The number of nitrogens with zero attached hydrogens (tertiary/aromatic N) is 1. The summed E-state index contributed by atoms with van der Waals surface area (Å²) in [5.74, 6) is 0.708. The van der Waals surface area contributed by atoms with E-state index in [4.69, 9.17) is 5.73 Å². The Balaban J connectivity index is 3.91. The molecule has 0 saturated heterocycles. The molecule has 0 amide bonds. The summed E-state index contributed by atoms with van der Waals surface area (Å²) in [5.41, 5.74) is 5.15. The lowest BCUT2D eigenvalue weighted by atomic mass is 10.3. The van der Waals surface area contributed by atoms with E-state index in [0.717, 1.165) is 19.3 Å². The van der Waals surface area contributed by atoms with Gasteiger partial charge in [-0.1, -0.05) is 19.8 Å². The van der Waals surface area contributed by atoms with Crippen molar-refractivity contribution in [2.75, 3.05) is 18.6 Å². The molecule has 13 heavy (non-hydrogen) atoms. The van der Waals surface area contributed by atoms with Crippen LogP contribution in [0.25, 0.3) is 0 Å². The second-order valence-corrected chi connectivity index (χ2v) is 5.70. The van der Waals surface area contributed by atoms with E-state index in [1.165, 1.54) is 6.20 Å². The molecule has 0 fully saturated rings. The number of hydrogen-bond donors (Lipinski definition) is 1. The van der Waals surface area contributed by atoms with Gasteiger partial charge in [0.25, 0.3) is 0 Å². The van der Waals surface area contributed by atoms with Crippen LogP contribution in [0.2, 0.25) is 0 Å². The van der Waals surface area contributed by atoms with Crippen LogP contribution in [0, 0.1) is 0 Å². The highest BCUT2D eigenvalue weighted by atomic mass is 32.2. The standard InChI is InChI=1S/C9H20N2OS/c1-3-4-5-9-13(2,12)11-8-6-7-10/h6-7H,3-5,8-10H2,1-2H3. The van der Waals surface area contributed by atoms with E-state index < -0.39 is 9.73 Å². The summed E-state index contributed by atoms with van der Waals surface area (Å²) >= 11 is 0. The number of nitrogens with two attached hydrogens (primary N) is 1. The molecule has 4 heteroatoms. The molecule has 0 aliphatic heterocycles. The third-order valence-electron chi connectivity index (χ3n) is 1.72. The zero-order chi connectivity index (χ0) is 10.2. The molecule has 3 nitrogen and oxygen atoms in total. The average Bonchev–Trinajstić information content (AvgIpc) is 2.05. The highest BCUT2D eigenvalue weighted by Gasteiger charge is 1.98. The van der Waals surface area contributed by atoms with Crippen molar-refractivity contribution in [3.05, 3.63) is 12.3 Å². The first-order chi connectivity index (χ1) is 6.12. The average molecular weight is 204 g/mol. The molecule has 0 heterocycles. The zero-order valence-electron chi connectivity index (χ0n) is 8.53. The van der Waals surface area contributed by atoms with Gasteiger partial charge in [-0.2, -0.15) is 0 Å². The Labute approximate surface area is 81.6 Å². The van der Waals surface area contributed by atoms with Gasteiger partial charge in [0.05, 0.1) is 6.54 Å². The van der Waals surface area contributed by atoms with Crippen molar-refractivity contribution >= 4 is 9.73 Å². The Morgan fingerprint density at radius 2 is 2.15 bits per heavy atom. The van der Waals surface area contributed by atoms with E-state index in [-0.39, 0.29) is 0 Å². The van der Waals surface area contributed by atoms with Gasteiger partial charge in [-0.3, -0.25) is 4.21 Å². The Morgan fingerprint density at radius 3 is 2.69 bits per heavy atom. The minimum absolute atomic E-state index is 0.470. The normalized spacial score (nSPS) is 15.8. The largest absolute Gasteiger partial charge is 0.405 e. The van der Waals surface area contributed by atoms with Crippen LogP contribution < -0.4 is 5.73 Å². The van der Waals surface area contributed by atoms with Gasteiger partial charge in [0, 0.05) is 21.7 Å². The van der Waals surface area contributed by atoms with Gasteiger partial charge in [-0.05, 0) is 18.7 Å². The van der Waals surface area contributed by atoms with Crippen molar-refractivity contribution in [2.24, 2.45) is 10.1 Å². The fraction of sp³-hybridized carbons (Fsp3) is 0.778. The molecule has 1 atom stereocenters. The summed E-state index contributed by atoms with van der Waals surface area (Å²) in [7, 11) is -1.96. The summed E-state index contributed by atoms with van der Waals surface area (Å²) in [4.78, 5) is 0. The maximum Gasteiger partial charge on any atom is 0.0681 e. The summed E-state index contributed by atoms with van der Waals surface area (Å²) in [6.07, 6.45) is 8.15. The smallest absolute Gasteiger partial charge is 0.0681 e. The monoisotopic (exact) mass is 204 g/mol. The van der Waals surface area contributed by atoms with E-state index in [1.54, 1.807) is 12.3 Å². The Kier molecular flexibility index (Phi) is 6.68. The number of unbranched alkanes of at least 4 members (excludes halogenated alkanes) is 2. The first-order valence-electron chi connectivity index (χ1n) is 4.64. The van der Waals surface area contributed by atoms with Crippen molar-refractivity contribution in [1.29, 1.82) is 0 Å². The Morgan fingerprint density at radius 1 is 1.46 bits per heavy atom. The van der Waals surface area contributed by atoms with Crippen molar-refractivity contribution in [1.82, 2.24) is 0 Å². The van der Waals surface area contributed by atoms with E-state index in [1.807, 2.05) is 0 Å². The van der Waals surface area contributed by atoms with Gasteiger partial charge in [-0.25, -0.2) is 4.36 Å². The minimum Gasteiger partial charge on any atom is -0.405 e. The quantitative estimate of drug-likeness (QED) is 0.670. The van der Waals surface area contributed by atoms with Crippen LogP contribution in [-0.2, 0) is 9.73 Å². The van der Waals surface area contributed by atoms with Gasteiger partial charge in [0.1, 0.15) is 0 Å². The Bertz CT molecular complexity index is 252. The molecule has 0 aromatic rings. The van der Waals surface area contributed by atoms with Crippen LogP contribution in [0.4, 0.5) is 0 Å². The molecule has 2 N–H and O–H groups in total. The van der Waals surface area contributed by atoms with E-state index >= 15 is 0 Å². The SMILES string of the molecule is CCCCCS(C)(=O)=NCC=CN. The third-order valence-corrected chi connectivity index (χ3v) is 3.46. The second kappa shape index (κ2) is 6.95. The summed E-state index contributed by atoms with van der Waals surface area (Å²) in [6, 6.07) is 0. The predicted molar refractivity (Wildman–Crippen MR) is 59.1 cm³/mol. The lowest BCUT2D eigenvalue weighted by Gasteiger charge is -2.01. The minimum atomic E-state index is -1.96. The van der Waals surface area contributed by atoms with Crippen LogP contribution >= 0.6 is 0 Å². The van der Waals surface area contributed by atoms with Crippen molar-refractivity contribution in [3.8, 4) is 0 Å². The van der Waals surface area contributed by atoms with Gasteiger partial charge in [0.15, 0.2) is 0 Å². The maximum absolute atomic E-state index is 11.7. The number of hydrogen-bond acceptors (Lipinski definition) is 3. The van der Waals surface area contributed by atoms with Crippen molar-refractivity contribution in [2.45, 2.75) is 26.2 Å². The molecule has 0 radical (unpaired) electrons. The molecule has 1 unspecified atom stereocenters. The maximum atomic E-state index is 11.7. The van der Waals surface area contributed by atoms with Crippen LogP contribution in [0.3, 0.4) is 0 Å². The molecule has 0 aliphatic rings. The Hall–Kier alpha value is -0.510. The van der Waals surface area contributed by atoms with Gasteiger partial charge in [-0.15, -0.1) is 0 Å². The molecule has 0 bridgehead atoms. The summed E-state index contributed by atoms with van der Waals surface area (Å²) in [5, 5.41) is 0. The van der Waals surface area contributed by atoms with Crippen molar-refractivity contribution in [3.63, 3.8) is 0 Å². The van der Waals surface area contributed by atoms with Crippen LogP contribution in [0.5, 0.6) is 0 Å². The molecular weight excluding hydrogens is 184 g/mol. The molecule has 78 valence electrons. The lowest BCUT2D eigenvalue weighted by Crippen LogP contribution is -2.03. The first-order valence-corrected chi connectivity index (χ1v) is 6.74. The highest BCUT2D eigenvalue weighted by molar-refractivity contribution is 7.92. The fourth-order valence-corrected chi connectivity index (χ4v) is 2.22. The third kappa shape index (κ3) is 7.84. The molecule has 0 saturated carbocycles. The van der Waals surface area contributed by atoms with Gasteiger partial charge >= 0.3 is 0 Å². The van der Waals surface area contributed by atoms with Crippen LogP contribution in [-0.4, -0.2) is 22.8 Å². The van der Waals surface area contributed by atoms with Crippen LogP contribution in [0.15, 0.2) is 16.6 Å². The van der Waals surface area contributed by atoms with Crippen molar-refractivity contribution < 1.29 is 4.21 Å². The topological polar surface area (TPSA) is 55.5 Å². The number of rotatable bonds is 6. The molecular formula is C9H20N2OS. The van der Waals surface area contributed by atoms with E-state index in [2.05, 4.69) is 11.3 Å². The summed E-state index contributed by atoms with van der Waals surface area (Å²) in [6.45, 7) is 2.60. The highest BCUT2D eigenvalue weighted by Crippen LogP contribution is 2.00. The van der Waals surface area contributed by atoms with Crippen LogP contribution in [0.1, 0.15) is 26.2 Å². The van der Waals surface area contributed by atoms with E-state index in [9.17, 15) is 4.21 Å².